The zero-order chi connectivity index (χ0) is 16.9. The maximum atomic E-state index is 12.2. The quantitative estimate of drug-likeness (QED) is 0.818. The smallest absolute Gasteiger partial charge is 0.276 e. The molecule has 1 saturated carbocycles. The van der Waals surface area contributed by atoms with Crippen molar-refractivity contribution in [1.29, 1.82) is 0 Å². The van der Waals surface area contributed by atoms with Crippen LogP contribution in [-0.2, 0) is 0 Å². The van der Waals surface area contributed by atoms with Crippen molar-refractivity contribution >= 4 is 40.6 Å². The highest BCUT2D eigenvalue weighted by atomic mass is 35.5. The molecule has 3 rings (SSSR count). The Morgan fingerprint density at radius 2 is 1.71 bits per heavy atom. The first-order chi connectivity index (χ1) is 11.6. The standard InChI is InChI=1S/C17H18Cl2N4O/c18-11-8-12(19)10-14(9-11)21-17(24)15-6-7-16(23-22-15)20-13-4-2-1-3-5-13/h6-10,13H,1-5H2,(H,20,23)(H,21,24). The van der Waals surface area contributed by atoms with E-state index in [2.05, 4.69) is 20.8 Å². The predicted molar refractivity (Wildman–Crippen MR) is 96.9 cm³/mol. The average molecular weight is 365 g/mol. The van der Waals surface area contributed by atoms with Gasteiger partial charge in [-0.05, 0) is 43.2 Å². The van der Waals surface area contributed by atoms with Gasteiger partial charge in [-0.3, -0.25) is 4.79 Å². The molecule has 0 aliphatic heterocycles. The number of amides is 1. The number of aromatic nitrogens is 2. The van der Waals surface area contributed by atoms with E-state index in [9.17, 15) is 4.79 Å². The van der Waals surface area contributed by atoms with Gasteiger partial charge in [0.05, 0.1) is 0 Å². The summed E-state index contributed by atoms with van der Waals surface area (Å²) < 4.78 is 0. The minimum absolute atomic E-state index is 0.236. The summed E-state index contributed by atoms with van der Waals surface area (Å²) >= 11 is 11.8. The minimum Gasteiger partial charge on any atom is -0.366 e. The Balaban J connectivity index is 1.62. The van der Waals surface area contributed by atoms with E-state index in [1.807, 2.05) is 0 Å². The fraction of sp³-hybridized carbons (Fsp3) is 0.353. The summed E-state index contributed by atoms with van der Waals surface area (Å²) in [6.07, 6.45) is 6.09. The third kappa shape index (κ3) is 4.58. The summed E-state index contributed by atoms with van der Waals surface area (Å²) in [7, 11) is 0. The molecule has 7 heteroatoms. The number of carbonyl (C=O) groups is 1. The maximum absolute atomic E-state index is 12.2. The molecule has 2 N–H and O–H groups in total. The lowest BCUT2D eigenvalue weighted by atomic mass is 9.95. The van der Waals surface area contributed by atoms with Crippen molar-refractivity contribution in [3.63, 3.8) is 0 Å². The van der Waals surface area contributed by atoms with Gasteiger partial charge in [0.15, 0.2) is 5.69 Å². The number of nitrogens with zero attached hydrogens (tertiary/aromatic N) is 2. The maximum Gasteiger partial charge on any atom is 0.276 e. The van der Waals surface area contributed by atoms with Gasteiger partial charge in [0.25, 0.3) is 5.91 Å². The summed E-state index contributed by atoms with van der Waals surface area (Å²) in [6, 6.07) is 8.72. The van der Waals surface area contributed by atoms with Gasteiger partial charge < -0.3 is 10.6 Å². The average Bonchev–Trinajstić information content (AvgIpc) is 2.55. The normalized spacial score (nSPS) is 15.1. The lowest BCUT2D eigenvalue weighted by molar-refractivity contribution is 0.102. The summed E-state index contributed by atoms with van der Waals surface area (Å²) in [6.45, 7) is 0. The molecule has 1 fully saturated rings. The monoisotopic (exact) mass is 364 g/mol. The molecule has 1 aromatic heterocycles. The lowest BCUT2D eigenvalue weighted by Gasteiger charge is -2.22. The second-order valence-corrected chi connectivity index (χ2v) is 6.77. The SMILES string of the molecule is O=C(Nc1cc(Cl)cc(Cl)c1)c1ccc(NC2CCCCC2)nn1. The first kappa shape index (κ1) is 17.0. The number of carbonyl (C=O) groups excluding carboxylic acids is 1. The molecule has 2 aromatic rings. The third-order valence-corrected chi connectivity index (χ3v) is 4.41. The summed E-state index contributed by atoms with van der Waals surface area (Å²) in [4.78, 5) is 12.2. The molecule has 5 nitrogen and oxygen atoms in total. The van der Waals surface area contributed by atoms with E-state index in [4.69, 9.17) is 23.2 Å². The van der Waals surface area contributed by atoms with E-state index in [1.54, 1.807) is 30.3 Å². The molecule has 126 valence electrons. The Labute approximate surface area is 150 Å². The summed E-state index contributed by atoms with van der Waals surface area (Å²) in [5.41, 5.74) is 0.754. The number of nitrogens with one attached hydrogen (secondary N) is 2. The molecule has 0 saturated heterocycles. The third-order valence-electron chi connectivity index (χ3n) is 3.97. The molecule has 1 amide bonds. The van der Waals surface area contributed by atoms with Crippen molar-refractivity contribution in [2.45, 2.75) is 38.1 Å². The largest absolute Gasteiger partial charge is 0.366 e. The van der Waals surface area contributed by atoms with Gasteiger partial charge >= 0.3 is 0 Å². The van der Waals surface area contributed by atoms with Gasteiger partial charge in [-0.15, -0.1) is 10.2 Å². The molecule has 1 aliphatic carbocycles. The van der Waals surface area contributed by atoms with Crippen molar-refractivity contribution in [1.82, 2.24) is 10.2 Å². The minimum atomic E-state index is -0.356. The van der Waals surface area contributed by atoms with E-state index < -0.39 is 0 Å². The van der Waals surface area contributed by atoms with Gasteiger partial charge in [-0.1, -0.05) is 42.5 Å². The molecular weight excluding hydrogens is 347 g/mol. The highest BCUT2D eigenvalue weighted by Gasteiger charge is 2.14. The van der Waals surface area contributed by atoms with Crippen LogP contribution in [0.2, 0.25) is 10.0 Å². The number of halogens is 2. The number of rotatable bonds is 4. The number of anilines is 2. The number of hydrogen-bond donors (Lipinski definition) is 2. The topological polar surface area (TPSA) is 66.9 Å². The van der Waals surface area contributed by atoms with Crippen molar-refractivity contribution in [2.75, 3.05) is 10.6 Å². The second kappa shape index (κ2) is 7.81. The van der Waals surface area contributed by atoms with E-state index in [0.29, 0.717) is 27.6 Å². The molecule has 0 bridgehead atoms. The summed E-state index contributed by atoms with van der Waals surface area (Å²) in [5, 5.41) is 15.1. The highest BCUT2D eigenvalue weighted by molar-refractivity contribution is 6.35. The van der Waals surface area contributed by atoms with Gasteiger partial charge in [0.2, 0.25) is 0 Å². The molecule has 24 heavy (non-hydrogen) atoms. The van der Waals surface area contributed by atoms with Gasteiger partial charge in [0, 0.05) is 21.8 Å². The Hall–Kier alpha value is -1.85. The van der Waals surface area contributed by atoms with Crippen molar-refractivity contribution in [2.24, 2.45) is 0 Å². The first-order valence-corrected chi connectivity index (χ1v) is 8.73. The molecule has 0 radical (unpaired) electrons. The van der Waals surface area contributed by atoms with Crippen LogP contribution in [0, 0.1) is 0 Å². The van der Waals surface area contributed by atoms with E-state index in [-0.39, 0.29) is 11.6 Å². The lowest BCUT2D eigenvalue weighted by Crippen LogP contribution is -2.23. The van der Waals surface area contributed by atoms with Crippen LogP contribution in [0.5, 0.6) is 0 Å². The summed E-state index contributed by atoms with van der Waals surface area (Å²) in [5.74, 6) is 0.342. The van der Waals surface area contributed by atoms with Crippen LogP contribution in [0.15, 0.2) is 30.3 Å². The Morgan fingerprint density at radius 1 is 1.00 bits per heavy atom. The second-order valence-electron chi connectivity index (χ2n) is 5.90. The van der Waals surface area contributed by atoms with Gasteiger partial charge in [-0.25, -0.2) is 0 Å². The molecule has 0 atom stereocenters. The van der Waals surface area contributed by atoms with Crippen molar-refractivity contribution in [3.8, 4) is 0 Å². The fourth-order valence-electron chi connectivity index (χ4n) is 2.81. The number of hydrogen-bond acceptors (Lipinski definition) is 4. The van der Waals surface area contributed by atoms with Crippen molar-refractivity contribution in [3.05, 3.63) is 46.1 Å². The highest BCUT2D eigenvalue weighted by Crippen LogP contribution is 2.23. The van der Waals surface area contributed by atoms with Crippen LogP contribution in [0.3, 0.4) is 0 Å². The zero-order valence-corrected chi connectivity index (χ0v) is 14.6. The fourth-order valence-corrected chi connectivity index (χ4v) is 3.33. The molecule has 1 aromatic carbocycles. The van der Waals surface area contributed by atoms with Gasteiger partial charge in [-0.2, -0.15) is 0 Å². The van der Waals surface area contributed by atoms with Crippen LogP contribution >= 0.6 is 23.2 Å². The molecule has 1 heterocycles. The zero-order valence-electron chi connectivity index (χ0n) is 13.1. The van der Waals surface area contributed by atoms with E-state index >= 15 is 0 Å². The Bertz CT molecular complexity index is 695. The molecule has 1 aliphatic rings. The molecular formula is C17H18Cl2N4O. The van der Waals surface area contributed by atoms with Crippen LogP contribution in [0.25, 0.3) is 0 Å². The Kier molecular flexibility index (Phi) is 5.53. The van der Waals surface area contributed by atoms with Crippen molar-refractivity contribution < 1.29 is 4.79 Å². The van der Waals surface area contributed by atoms with Crippen LogP contribution in [0.4, 0.5) is 11.5 Å². The van der Waals surface area contributed by atoms with E-state index in [0.717, 1.165) is 12.8 Å². The Morgan fingerprint density at radius 3 is 2.33 bits per heavy atom. The first-order valence-electron chi connectivity index (χ1n) is 7.98. The van der Waals surface area contributed by atoms with Crippen LogP contribution < -0.4 is 10.6 Å². The molecule has 0 unspecified atom stereocenters. The number of benzene rings is 1. The van der Waals surface area contributed by atoms with Gasteiger partial charge in [0.1, 0.15) is 5.82 Å². The van der Waals surface area contributed by atoms with E-state index in [1.165, 1.54) is 19.3 Å². The van der Waals surface area contributed by atoms with Crippen LogP contribution in [-0.4, -0.2) is 22.1 Å². The van der Waals surface area contributed by atoms with Crippen LogP contribution in [0.1, 0.15) is 42.6 Å². The predicted octanol–water partition coefficient (Wildman–Crippen LogP) is 4.78. The molecule has 0 spiro atoms.